The van der Waals surface area contributed by atoms with Gasteiger partial charge in [0.05, 0.1) is 6.54 Å². The fraction of sp³-hybridized carbons (Fsp3) is 0.542. The first-order chi connectivity index (χ1) is 15.3. The van der Waals surface area contributed by atoms with Gasteiger partial charge in [-0.2, -0.15) is 0 Å². The van der Waals surface area contributed by atoms with E-state index >= 15 is 0 Å². The molecule has 7 nitrogen and oxygen atoms in total. The summed E-state index contributed by atoms with van der Waals surface area (Å²) in [4.78, 5) is 33.9. The van der Waals surface area contributed by atoms with Crippen molar-refractivity contribution in [2.45, 2.75) is 59.0 Å². The highest BCUT2D eigenvalue weighted by Crippen LogP contribution is 2.19. The van der Waals surface area contributed by atoms with Crippen LogP contribution in [0, 0.1) is 0 Å². The van der Waals surface area contributed by atoms with E-state index in [0.29, 0.717) is 24.7 Å². The van der Waals surface area contributed by atoms with Crippen LogP contribution >= 0.6 is 11.3 Å². The molecule has 0 saturated carbocycles. The Kier molecular flexibility index (Phi) is 8.64. The third-order valence-electron chi connectivity index (χ3n) is 5.72. The number of thiazole rings is 1. The Labute approximate surface area is 195 Å². The van der Waals surface area contributed by atoms with Crippen LogP contribution in [0.15, 0.2) is 29.6 Å². The number of hydrogen-bond donors (Lipinski definition) is 2. The fourth-order valence-corrected chi connectivity index (χ4v) is 4.47. The lowest BCUT2D eigenvalue weighted by Crippen LogP contribution is -2.39. The van der Waals surface area contributed by atoms with E-state index in [1.807, 2.05) is 38.1 Å². The van der Waals surface area contributed by atoms with Crippen LogP contribution in [0.5, 0.6) is 0 Å². The second kappa shape index (κ2) is 11.4. The molecular weight excluding hydrogens is 422 g/mol. The number of amides is 3. The van der Waals surface area contributed by atoms with Gasteiger partial charge < -0.3 is 20.4 Å². The maximum Gasteiger partial charge on any atom is 0.322 e. The number of aromatic nitrogens is 1. The minimum Gasteiger partial charge on any atom is -0.349 e. The van der Waals surface area contributed by atoms with Crippen LogP contribution in [0.4, 0.5) is 10.5 Å². The van der Waals surface area contributed by atoms with E-state index in [1.54, 1.807) is 10.3 Å². The Morgan fingerprint density at radius 1 is 1.12 bits per heavy atom. The van der Waals surface area contributed by atoms with Crippen LogP contribution in [-0.2, 0) is 6.54 Å². The van der Waals surface area contributed by atoms with Crippen molar-refractivity contribution in [2.75, 3.05) is 31.5 Å². The molecule has 2 N–H and O–H groups in total. The number of rotatable bonds is 9. The minimum absolute atomic E-state index is 0.00780. The molecule has 0 bridgehead atoms. The maximum atomic E-state index is 12.9. The van der Waals surface area contributed by atoms with E-state index in [1.165, 1.54) is 29.7 Å². The Morgan fingerprint density at radius 2 is 1.81 bits per heavy atom. The first-order valence-electron chi connectivity index (χ1n) is 11.5. The van der Waals surface area contributed by atoms with Crippen molar-refractivity contribution >= 4 is 29.0 Å². The van der Waals surface area contributed by atoms with Crippen molar-refractivity contribution in [3.8, 4) is 0 Å². The summed E-state index contributed by atoms with van der Waals surface area (Å²) in [5.41, 5.74) is 2.42. The number of anilines is 1. The minimum atomic E-state index is -0.177. The van der Waals surface area contributed by atoms with E-state index < -0.39 is 0 Å². The van der Waals surface area contributed by atoms with Gasteiger partial charge in [-0.1, -0.05) is 26.0 Å². The summed E-state index contributed by atoms with van der Waals surface area (Å²) < 4.78 is 0. The van der Waals surface area contributed by atoms with Crippen molar-refractivity contribution in [1.82, 2.24) is 20.1 Å². The highest BCUT2D eigenvalue weighted by molar-refractivity contribution is 7.09. The third-order valence-corrected chi connectivity index (χ3v) is 6.55. The Balaban J connectivity index is 1.54. The smallest absolute Gasteiger partial charge is 0.322 e. The predicted octanol–water partition coefficient (Wildman–Crippen LogP) is 4.53. The van der Waals surface area contributed by atoms with Gasteiger partial charge in [0.15, 0.2) is 0 Å². The lowest BCUT2D eigenvalue weighted by molar-refractivity contribution is 0.0945. The van der Waals surface area contributed by atoms with Gasteiger partial charge in [-0.25, -0.2) is 9.78 Å². The van der Waals surface area contributed by atoms with E-state index in [9.17, 15) is 9.59 Å². The molecule has 1 aromatic carbocycles. The van der Waals surface area contributed by atoms with Gasteiger partial charge in [0.1, 0.15) is 10.7 Å². The largest absolute Gasteiger partial charge is 0.349 e. The number of urea groups is 1. The number of carbonyl (C=O) groups is 2. The average Bonchev–Trinajstić information content (AvgIpc) is 3.44. The van der Waals surface area contributed by atoms with Crippen LogP contribution in [0.25, 0.3) is 0 Å². The van der Waals surface area contributed by atoms with Crippen molar-refractivity contribution in [2.24, 2.45) is 0 Å². The number of nitrogens with one attached hydrogen (secondary N) is 2. The van der Waals surface area contributed by atoms with Crippen LogP contribution in [0.3, 0.4) is 0 Å². The first-order valence-corrected chi connectivity index (χ1v) is 12.3. The Morgan fingerprint density at radius 3 is 2.44 bits per heavy atom. The topological polar surface area (TPSA) is 77.6 Å². The zero-order valence-corrected chi connectivity index (χ0v) is 20.4. The molecule has 0 atom stereocenters. The fourth-order valence-electron chi connectivity index (χ4n) is 3.69. The maximum absolute atomic E-state index is 12.9. The van der Waals surface area contributed by atoms with E-state index in [2.05, 4.69) is 34.4 Å². The summed E-state index contributed by atoms with van der Waals surface area (Å²) in [6, 6.07) is 7.75. The lowest BCUT2D eigenvalue weighted by Gasteiger charge is -2.26. The predicted molar refractivity (Wildman–Crippen MR) is 130 cm³/mol. The van der Waals surface area contributed by atoms with Gasteiger partial charge in [-0.05, 0) is 63.4 Å². The molecule has 1 saturated heterocycles. The SMILES string of the molecule is CC(C)c1ccc(NC(=O)N(Cc2nc(C(=O)NCCN3CCCC3)cs2)C(C)C)cc1. The molecule has 2 heterocycles. The highest BCUT2D eigenvalue weighted by Gasteiger charge is 2.20. The molecular formula is C24H35N5O2S. The molecule has 1 aliphatic heterocycles. The standard InChI is InChI=1S/C24H35N5O2S/c1-17(2)19-7-9-20(10-8-19)26-24(31)29(18(3)4)15-22-27-21(16-32-22)23(30)25-11-14-28-12-5-6-13-28/h7-10,16-18H,5-6,11-15H2,1-4H3,(H,25,30)(H,26,31). The quantitative estimate of drug-likeness (QED) is 0.580. The number of benzene rings is 1. The summed E-state index contributed by atoms with van der Waals surface area (Å²) >= 11 is 1.41. The van der Waals surface area contributed by atoms with Gasteiger partial charge in [-0.15, -0.1) is 11.3 Å². The molecule has 1 fully saturated rings. The molecule has 0 aliphatic carbocycles. The van der Waals surface area contributed by atoms with Crippen molar-refractivity contribution in [1.29, 1.82) is 0 Å². The molecule has 1 aliphatic rings. The third kappa shape index (κ3) is 6.77. The summed E-state index contributed by atoms with van der Waals surface area (Å²) in [5, 5.41) is 8.44. The number of carbonyl (C=O) groups excluding carboxylic acids is 2. The van der Waals surface area contributed by atoms with Gasteiger partial charge >= 0.3 is 6.03 Å². The van der Waals surface area contributed by atoms with Crippen molar-refractivity contribution in [3.05, 3.63) is 45.9 Å². The zero-order valence-electron chi connectivity index (χ0n) is 19.6. The number of hydrogen-bond acceptors (Lipinski definition) is 5. The molecule has 3 rings (SSSR count). The van der Waals surface area contributed by atoms with Crippen LogP contribution in [-0.4, -0.2) is 58.9 Å². The zero-order chi connectivity index (χ0) is 23.1. The lowest BCUT2D eigenvalue weighted by atomic mass is 10.0. The van der Waals surface area contributed by atoms with Gasteiger partial charge in [-0.3, -0.25) is 4.79 Å². The summed E-state index contributed by atoms with van der Waals surface area (Å²) in [5.74, 6) is 0.293. The molecule has 32 heavy (non-hydrogen) atoms. The van der Waals surface area contributed by atoms with Gasteiger partial charge in [0, 0.05) is 30.2 Å². The molecule has 174 valence electrons. The first kappa shape index (κ1) is 24.2. The number of nitrogens with zero attached hydrogens (tertiary/aromatic N) is 3. The highest BCUT2D eigenvalue weighted by atomic mass is 32.1. The van der Waals surface area contributed by atoms with E-state index in [4.69, 9.17) is 0 Å². The van der Waals surface area contributed by atoms with Gasteiger partial charge in [0.2, 0.25) is 0 Å². The molecule has 3 amide bonds. The van der Waals surface area contributed by atoms with E-state index in [0.717, 1.165) is 30.3 Å². The van der Waals surface area contributed by atoms with E-state index in [-0.39, 0.29) is 18.0 Å². The average molecular weight is 458 g/mol. The summed E-state index contributed by atoms with van der Waals surface area (Å²) in [7, 11) is 0. The summed E-state index contributed by atoms with van der Waals surface area (Å²) in [6.45, 7) is 12.3. The molecule has 8 heteroatoms. The number of likely N-dealkylation sites (tertiary alicyclic amines) is 1. The second-order valence-corrected chi connectivity index (χ2v) is 9.80. The molecule has 0 radical (unpaired) electrons. The molecule has 2 aromatic rings. The van der Waals surface area contributed by atoms with Crippen molar-refractivity contribution in [3.63, 3.8) is 0 Å². The Bertz CT molecular complexity index is 888. The van der Waals surface area contributed by atoms with Crippen LogP contribution in [0.1, 0.15) is 67.5 Å². The molecule has 0 spiro atoms. The van der Waals surface area contributed by atoms with Gasteiger partial charge in [0.25, 0.3) is 5.91 Å². The van der Waals surface area contributed by atoms with Crippen LogP contribution < -0.4 is 10.6 Å². The Hall–Kier alpha value is -2.45. The summed E-state index contributed by atoms with van der Waals surface area (Å²) in [6.07, 6.45) is 2.49. The monoisotopic (exact) mass is 457 g/mol. The normalized spacial score (nSPS) is 14.2. The molecule has 1 aromatic heterocycles. The van der Waals surface area contributed by atoms with Crippen LogP contribution in [0.2, 0.25) is 0 Å². The second-order valence-electron chi connectivity index (χ2n) is 8.86. The molecule has 0 unspecified atom stereocenters. The van der Waals surface area contributed by atoms with Crippen molar-refractivity contribution < 1.29 is 9.59 Å².